The van der Waals surface area contributed by atoms with Crippen molar-refractivity contribution in [2.45, 2.75) is 6.42 Å². The Labute approximate surface area is 114 Å². The molecule has 5 heteroatoms. The quantitative estimate of drug-likeness (QED) is 0.945. The summed E-state index contributed by atoms with van der Waals surface area (Å²) in [6.07, 6.45) is 4.57. The van der Waals surface area contributed by atoms with Crippen LogP contribution in [0, 0.1) is 11.3 Å². The molecule has 0 spiro atoms. The van der Waals surface area contributed by atoms with Gasteiger partial charge in [0, 0.05) is 42.6 Å². The predicted octanol–water partition coefficient (Wildman–Crippen LogP) is 2.71. The number of nitriles is 1. The average molecular weight is 305 g/mol. The van der Waals surface area contributed by atoms with Crippen molar-refractivity contribution in [2.75, 3.05) is 11.9 Å². The monoisotopic (exact) mass is 304 g/mol. The van der Waals surface area contributed by atoms with Gasteiger partial charge in [-0.3, -0.25) is 0 Å². The van der Waals surface area contributed by atoms with Gasteiger partial charge in [0.1, 0.15) is 5.82 Å². The van der Waals surface area contributed by atoms with Crippen LogP contribution in [0.2, 0.25) is 0 Å². The number of hydrogen-bond donors (Lipinski definition) is 1. The lowest BCUT2D eigenvalue weighted by molar-refractivity contribution is 0.789. The molecular formula is C13H13BrN4. The van der Waals surface area contributed by atoms with Crippen LogP contribution < -0.4 is 5.32 Å². The minimum absolute atomic E-state index is 0.642. The number of aryl methyl sites for hydroxylation is 1. The molecule has 0 atom stereocenters. The number of hydrogen-bond acceptors (Lipinski definition) is 3. The van der Waals surface area contributed by atoms with Gasteiger partial charge in [-0.1, -0.05) is 15.9 Å². The van der Waals surface area contributed by atoms with Gasteiger partial charge in [-0.25, -0.2) is 4.98 Å². The Morgan fingerprint density at radius 3 is 2.94 bits per heavy atom. The molecule has 0 radical (unpaired) electrons. The Kier molecular flexibility index (Phi) is 4.00. The van der Waals surface area contributed by atoms with E-state index in [2.05, 4.69) is 32.3 Å². The van der Waals surface area contributed by atoms with E-state index in [4.69, 9.17) is 5.26 Å². The fourth-order valence-corrected chi connectivity index (χ4v) is 2.21. The van der Waals surface area contributed by atoms with Gasteiger partial charge in [0.05, 0.1) is 11.6 Å². The van der Waals surface area contributed by atoms with Crippen LogP contribution in [0.3, 0.4) is 0 Å². The summed E-state index contributed by atoms with van der Waals surface area (Å²) in [5, 5.41) is 12.2. The molecule has 0 saturated carbocycles. The Morgan fingerprint density at radius 2 is 2.28 bits per heavy atom. The van der Waals surface area contributed by atoms with Crippen LogP contribution in [0.15, 0.2) is 35.1 Å². The highest BCUT2D eigenvalue weighted by Crippen LogP contribution is 2.19. The maximum absolute atomic E-state index is 8.89. The topological polar surface area (TPSA) is 53.6 Å². The second-order valence-electron chi connectivity index (χ2n) is 3.97. The third-order valence-corrected chi connectivity index (χ3v) is 3.08. The Hall–Kier alpha value is -1.80. The van der Waals surface area contributed by atoms with Gasteiger partial charge in [0.25, 0.3) is 0 Å². The van der Waals surface area contributed by atoms with Crippen molar-refractivity contribution in [3.8, 4) is 6.07 Å². The first-order valence-corrected chi connectivity index (χ1v) is 6.39. The fraction of sp³-hybridized carbons (Fsp3) is 0.231. The molecule has 0 aliphatic carbocycles. The van der Waals surface area contributed by atoms with Crippen molar-refractivity contribution >= 4 is 21.6 Å². The number of nitrogens with one attached hydrogen (secondary N) is 1. The molecule has 0 fully saturated rings. The van der Waals surface area contributed by atoms with Crippen molar-refractivity contribution in [3.63, 3.8) is 0 Å². The van der Waals surface area contributed by atoms with E-state index >= 15 is 0 Å². The highest BCUT2D eigenvalue weighted by atomic mass is 79.9. The summed E-state index contributed by atoms with van der Waals surface area (Å²) in [6.45, 7) is 0.784. The molecule has 1 heterocycles. The van der Waals surface area contributed by atoms with Gasteiger partial charge < -0.3 is 9.88 Å². The van der Waals surface area contributed by atoms with E-state index in [1.807, 2.05) is 29.9 Å². The number of nitrogens with zero attached hydrogens (tertiary/aromatic N) is 3. The lowest BCUT2D eigenvalue weighted by Crippen LogP contribution is -2.08. The molecule has 0 amide bonds. The number of benzene rings is 1. The van der Waals surface area contributed by atoms with Gasteiger partial charge in [-0.2, -0.15) is 5.26 Å². The van der Waals surface area contributed by atoms with Crippen LogP contribution in [0.25, 0.3) is 0 Å². The van der Waals surface area contributed by atoms with Gasteiger partial charge in [-0.15, -0.1) is 0 Å². The van der Waals surface area contributed by atoms with Gasteiger partial charge >= 0.3 is 0 Å². The molecule has 0 aliphatic heterocycles. The zero-order valence-electron chi connectivity index (χ0n) is 10.0. The predicted molar refractivity (Wildman–Crippen MR) is 74.3 cm³/mol. The number of rotatable bonds is 4. The molecule has 1 N–H and O–H groups in total. The maximum atomic E-state index is 8.89. The Morgan fingerprint density at radius 1 is 1.44 bits per heavy atom. The van der Waals surface area contributed by atoms with Crippen LogP contribution in [0.5, 0.6) is 0 Å². The van der Waals surface area contributed by atoms with Crippen molar-refractivity contribution in [2.24, 2.45) is 7.05 Å². The fourth-order valence-electron chi connectivity index (χ4n) is 1.71. The molecule has 2 rings (SSSR count). The van der Waals surface area contributed by atoms with E-state index in [-0.39, 0.29) is 0 Å². The Balaban J connectivity index is 1.97. The standard InChI is InChI=1S/C13H13BrN4/c1-18-5-4-17-13(18)2-3-16-12-7-10(9-15)6-11(14)8-12/h4-8,16H,2-3H2,1H3. The van der Waals surface area contributed by atoms with E-state index in [1.54, 1.807) is 12.3 Å². The van der Waals surface area contributed by atoms with Crippen LogP contribution in [-0.2, 0) is 13.5 Å². The second-order valence-corrected chi connectivity index (χ2v) is 4.89. The van der Waals surface area contributed by atoms with Gasteiger partial charge in [0.15, 0.2) is 0 Å². The molecule has 92 valence electrons. The van der Waals surface area contributed by atoms with Crippen LogP contribution in [-0.4, -0.2) is 16.1 Å². The first-order chi connectivity index (χ1) is 8.69. The molecule has 2 aromatic rings. The molecule has 0 unspecified atom stereocenters. The lowest BCUT2D eigenvalue weighted by Gasteiger charge is -2.07. The van der Waals surface area contributed by atoms with E-state index in [9.17, 15) is 0 Å². The minimum atomic E-state index is 0.642. The highest BCUT2D eigenvalue weighted by molar-refractivity contribution is 9.10. The molecule has 18 heavy (non-hydrogen) atoms. The first-order valence-electron chi connectivity index (χ1n) is 5.60. The molecule has 0 bridgehead atoms. The normalized spacial score (nSPS) is 10.1. The van der Waals surface area contributed by atoms with Crippen molar-refractivity contribution < 1.29 is 0 Å². The average Bonchev–Trinajstić information content (AvgIpc) is 2.74. The largest absolute Gasteiger partial charge is 0.385 e. The first kappa shape index (κ1) is 12.7. The lowest BCUT2D eigenvalue weighted by atomic mass is 10.2. The van der Waals surface area contributed by atoms with E-state index in [0.29, 0.717) is 5.56 Å². The van der Waals surface area contributed by atoms with Gasteiger partial charge in [0.2, 0.25) is 0 Å². The SMILES string of the molecule is Cn1ccnc1CCNc1cc(Br)cc(C#N)c1. The summed E-state index contributed by atoms with van der Waals surface area (Å²) < 4.78 is 2.91. The van der Waals surface area contributed by atoms with Crippen LogP contribution in [0.1, 0.15) is 11.4 Å². The smallest absolute Gasteiger partial charge is 0.110 e. The van der Waals surface area contributed by atoms with Crippen LogP contribution in [0.4, 0.5) is 5.69 Å². The van der Waals surface area contributed by atoms with Crippen molar-refractivity contribution in [3.05, 3.63) is 46.5 Å². The summed E-state index contributed by atoms with van der Waals surface area (Å²) in [4.78, 5) is 4.26. The molecule has 1 aromatic heterocycles. The maximum Gasteiger partial charge on any atom is 0.110 e. The molecule has 0 aliphatic rings. The molecular weight excluding hydrogens is 292 g/mol. The van der Waals surface area contributed by atoms with Crippen molar-refractivity contribution in [1.82, 2.24) is 9.55 Å². The Bertz CT molecular complexity index is 583. The van der Waals surface area contributed by atoms with Crippen molar-refractivity contribution in [1.29, 1.82) is 5.26 Å². The summed E-state index contributed by atoms with van der Waals surface area (Å²) in [5.74, 6) is 1.04. The zero-order valence-corrected chi connectivity index (χ0v) is 11.6. The number of imidazole rings is 1. The van der Waals surface area contributed by atoms with E-state index < -0.39 is 0 Å². The number of aromatic nitrogens is 2. The molecule has 1 aromatic carbocycles. The van der Waals surface area contributed by atoms with Gasteiger partial charge in [-0.05, 0) is 18.2 Å². The third kappa shape index (κ3) is 3.11. The highest BCUT2D eigenvalue weighted by Gasteiger charge is 2.01. The zero-order chi connectivity index (χ0) is 13.0. The number of halogens is 1. The third-order valence-electron chi connectivity index (χ3n) is 2.63. The minimum Gasteiger partial charge on any atom is -0.385 e. The molecule has 0 saturated heterocycles. The van der Waals surface area contributed by atoms with Crippen LogP contribution >= 0.6 is 15.9 Å². The summed E-state index contributed by atoms with van der Waals surface area (Å²) >= 11 is 3.39. The molecule has 4 nitrogen and oxygen atoms in total. The number of anilines is 1. The second kappa shape index (κ2) is 5.69. The summed E-state index contributed by atoms with van der Waals surface area (Å²) in [7, 11) is 1.98. The van der Waals surface area contributed by atoms with E-state index in [0.717, 1.165) is 29.0 Å². The summed E-state index contributed by atoms with van der Waals surface area (Å²) in [5.41, 5.74) is 1.58. The summed E-state index contributed by atoms with van der Waals surface area (Å²) in [6, 6.07) is 7.72. The van der Waals surface area contributed by atoms with E-state index in [1.165, 1.54) is 0 Å².